The SMILES string of the molecule is CCCCOC(=O)C(CC(=O)O)CC1CCCCC1. The second-order valence-corrected chi connectivity index (χ2v) is 5.56. The Morgan fingerprint density at radius 2 is 1.95 bits per heavy atom. The number of carboxylic acid groups (broad SMARTS) is 1. The van der Waals surface area contributed by atoms with Gasteiger partial charge >= 0.3 is 11.9 Å². The molecule has 1 N–H and O–H groups in total. The minimum absolute atomic E-state index is 0.0958. The maximum atomic E-state index is 11.9. The largest absolute Gasteiger partial charge is 0.481 e. The maximum absolute atomic E-state index is 11.9. The molecule has 1 rings (SSSR count). The van der Waals surface area contributed by atoms with E-state index in [-0.39, 0.29) is 12.4 Å². The lowest BCUT2D eigenvalue weighted by Crippen LogP contribution is -2.25. The van der Waals surface area contributed by atoms with Crippen LogP contribution >= 0.6 is 0 Å². The molecule has 1 atom stereocenters. The van der Waals surface area contributed by atoms with Crippen molar-refractivity contribution >= 4 is 11.9 Å². The molecule has 1 unspecified atom stereocenters. The average Bonchev–Trinajstić information content (AvgIpc) is 2.39. The van der Waals surface area contributed by atoms with E-state index >= 15 is 0 Å². The van der Waals surface area contributed by atoms with Crippen LogP contribution in [0.3, 0.4) is 0 Å². The number of carbonyl (C=O) groups is 2. The number of esters is 1. The molecule has 1 saturated carbocycles. The lowest BCUT2D eigenvalue weighted by Gasteiger charge is -2.24. The van der Waals surface area contributed by atoms with Crippen LogP contribution in [0.25, 0.3) is 0 Å². The highest BCUT2D eigenvalue weighted by atomic mass is 16.5. The zero-order valence-electron chi connectivity index (χ0n) is 11.9. The molecule has 1 fully saturated rings. The highest BCUT2D eigenvalue weighted by molar-refractivity contribution is 5.79. The second kappa shape index (κ2) is 8.94. The lowest BCUT2D eigenvalue weighted by atomic mass is 9.82. The molecular formula is C15H26O4. The van der Waals surface area contributed by atoms with Gasteiger partial charge in [-0.3, -0.25) is 9.59 Å². The molecule has 0 bridgehead atoms. The quantitative estimate of drug-likeness (QED) is 0.542. The van der Waals surface area contributed by atoms with Crippen molar-refractivity contribution in [3.63, 3.8) is 0 Å². The van der Waals surface area contributed by atoms with Crippen LogP contribution in [0.15, 0.2) is 0 Å². The molecule has 0 radical (unpaired) electrons. The number of carbonyl (C=O) groups excluding carboxylic acids is 1. The Morgan fingerprint density at radius 3 is 2.53 bits per heavy atom. The average molecular weight is 270 g/mol. The van der Waals surface area contributed by atoms with E-state index in [1.807, 2.05) is 6.92 Å². The van der Waals surface area contributed by atoms with Gasteiger partial charge in [-0.1, -0.05) is 45.4 Å². The van der Waals surface area contributed by atoms with Crippen LogP contribution in [0.2, 0.25) is 0 Å². The van der Waals surface area contributed by atoms with E-state index in [1.54, 1.807) is 0 Å². The third kappa shape index (κ3) is 6.60. The van der Waals surface area contributed by atoms with Crippen LogP contribution < -0.4 is 0 Å². The van der Waals surface area contributed by atoms with E-state index < -0.39 is 11.9 Å². The summed E-state index contributed by atoms with van der Waals surface area (Å²) in [5.74, 6) is -1.19. The molecule has 1 aliphatic rings. The standard InChI is InChI=1S/C15H26O4/c1-2-3-9-19-15(18)13(11-14(16)17)10-12-7-5-4-6-8-12/h12-13H,2-11H2,1H3,(H,16,17). The number of hydrogen-bond acceptors (Lipinski definition) is 3. The lowest BCUT2D eigenvalue weighted by molar-refractivity contribution is -0.154. The van der Waals surface area contributed by atoms with Gasteiger partial charge < -0.3 is 9.84 Å². The minimum Gasteiger partial charge on any atom is -0.481 e. The topological polar surface area (TPSA) is 63.6 Å². The summed E-state index contributed by atoms with van der Waals surface area (Å²) >= 11 is 0. The van der Waals surface area contributed by atoms with E-state index in [0.29, 0.717) is 18.9 Å². The van der Waals surface area contributed by atoms with Gasteiger partial charge in [0.25, 0.3) is 0 Å². The molecular weight excluding hydrogens is 244 g/mol. The molecule has 19 heavy (non-hydrogen) atoms. The van der Waals surface area contributed by atoms with Crippen LogP contribution in [-0.4, -0.2) is 23.7 Å². The molecule has 4 heteroatoms. The summed E-state index contributed by atoms with van der Waals surface area (Å²) in [6.45, 7) is 2.45. The Labute approximate surface area is 115 Å². The van der Waals surface area contributed by atoms with Crippen LogP contribution in [0.4, 0.5) is 0 Å². The Balaban J connectivity index is 2.44. The molecule has 0 amide bonds. The Hall–Kier alpha value is -1.06. The smallest absolute Gasteiger partial charge is 0.309 e. The predicted octanol–water partition coefficient (Wildman–Crippen LogP) is 3.39. The molecule has 0 saturated heterocycles. The number of ether oxygens (including phenoxy) is 1. The van der Waals surface area contributed by atoms with Gasteiger partial charge in [-0.25, -0.2) is 0 Å². The normalized spacial score (nSPS) is 17.9. The third-order valence-corrected chi connectivity index (χ3v) is 3.84. The fourth-order valence-corrected chi connectivity index (χ4v) is 2.73. The Kier molecular flexibility index (Phi) is 7.53. The first-order valence-electron chi connectivity index (χ1n) is 7.52. The van der Waals surface area contributed by atoms with E-state index in [2.05, 4.69) is 0 Å². The fraction of sp³-hybridized carbons (Fsp3) is 0.867. The highest BCUT2D eigenvalue weighted by Crippen LogP contribution is 2.30. The first kappa shape index (κ1) is 16.0. The summed E-state index contributed by atoms with van der Waals surface area (Å²) in [6, 6.07) is 0. The zero-order chi connectivity index (χ0) is 14.1. The van der Waals surface area contributed by atoms with Crippen LogP contribution in [-0.2, 0) is 14.3 Å². The molecule has 0 aromatic heterocycles. The van der Waals surface area contributed by atoms with Crippen molar-refractivity contribution in [3.05, 3.63) is 0 Å². The molecule has 0 aromatic carbocycles. The third-order valence-electron chi connectivity index (χ3n) is 3.84. The van der Waals surface area contributed by atoms with Crippen molar-refractivity contribution in [1.29, 1.82) is 0 Å². The summed E-state index contributed by atoms with van der Waals surface area (Å²) in [5, 5.41) is 8.93. The van der Waals surface area contributed by atoms with Gasteiger partial charge in [0.15, 0.2) is 0 Å². The van der Waals surface area contributed by atoms with Gasteiger partial charge in [-0.15, -0.1) is 0 Å². The highest BCUT2D eigenvalue weighted by Gasteiger charge is 2.27. The maximum Gasteiger partial charge on any atom is 0.309 e. The molecule has 0 spiro atoms. The van der Waals surface area contributed by atoms with Crippen LogP contribution in [0.1, 0.15) is 64.7 Å². The number of hydrogen-bond donors (Lipinski definition) is 1. The van der Waals surface area contributed by atoms with Crippen LogP contribution in [0, 0.1) is 11.8 Å². The molecule has 110 valence electrons. The van der Waals surface area contributed by atoms with Crippen molar-refractivity contribution in [2.24, 2.45) is 11.8 Å². The van der Waals surface area contributed by atoms with E-state index in [1.165, 1.54) is 19.3 Å². The Morgan fingerprint density at radius 1 is 1.26 bits per heavy atom. The van der Waals surface area contributed by atoms with Gasteiger partial charge in [-0.05, 0) is 18.8 Å². The first-order chi connectivity index (χ1) is 9.13. The first-order valence-corrected chi connectivity index (χ1v) is 7.52. The molecule has 0 heterocycles. The van der Waals surface area contributed by atoms with E-state index in [0.717, 1.165) is 25.7 Å². The summed E-state index contributed by atoms with van der Waals surface area (Å²) < 4.78 is 5.18. The van der Waals surface area contributed by atoms with E-state index in [9.17, 15) is 9.59 Å². The second-order valence-electron chi connectivity index (χ2n) is 5.56. The molecule has 0 aliphatic heterocycles. The van der Waals surface area contributed by atoms with Crippen molar-refractivity contribution in [3.8, 4) is 0 Å². The van der Waals surface area contributed by atoms with Crippen molar-refractivity contribution in [1.82, 2.24) is 0 Å². The fourth-order valence-electron chi connectivity index (χ4n) is 2.73. The molecule has 4 nitrogen and oxygen atoms in total. The van der Waals surface area contributed by atoms with Crippen molar-refractivity contribution < 1.29 is 19.4 Å². The number of rotatable bonds is 8. The van der Waals surface area contributed by atoms with Crippen molar-refractivity contribution in [2.75, 3.05) is 6.61 Å². The van der Waals surface area contributed by atoms with Crippen molar-refractivity contribution in [2.45, 2.75) is 64.7 Å². The Bertz CT molecular complexity index is 282. The number of aliphatic carboxylic acids is 1. The number of unbranched alkanes of at least 4 members (excludes halogenated alkanes) is 1. The molecule has 0 aromatic rings. The summed E-state index contributed by atoms with van der Waals surface area (Å²) in [7, 11) is 0. The minimum atomic E-state index is -0.909. The summed E-state index contributed by atoms with van der Waals surface area (Å²) in [6.07, 6.45) is 8.32. The van der Waals surface area contributed by atoms with Gasteiger partial charge in [0.1, 0.15) is 0 Å². The van der Waals surface area contributed by atoms with E-state index in [4.69, 9.17) is 9.84 Å². The predicted molar refractivity (Wildman–Crippen MR) is 72.8 cm³/mol. The van der Waals surface area contributed by atoms with Gasteiger partial charge in [0.05, 0.1) is 18.9 Å². The summed E-state index contributed by atoms with van der Waals surface area (Å²) in [4.78, 5) is 22.8. The zero-order valence-corrected chi connectivity index (χ0v) is 11.9. The molecule has 1 aliphatic carbocycles. The van der Waals surface area contributed by atoms with Gasteiger partial charge in [0, 0.05) is 0 Å². The van der Waals surface area contributed by atoms with Crippen LogP contribution in [0.5, 0.6) is 0 Å². The van der Waals surface area contributed by atoms with Gasteiger partial charge in [-0.2, -0.15) is 0 Å². The monoisotopic (exact) mass is 270 g/mol. The summed E-state index contributed by atoms with van der Waals surface area (Å²) in [5.41, 5.74) is 0. The number of carboxylic acids is 1. The van der Waals surface area contributed by atoms with Gasteiger partial charge in [0.2, 0.25) is 0 Å².